The van der Waals surface area contributed by atoms with Gasteiger partial charge in [0.25, 0.3) is 5.91 Å². The van der Waals surface area contributed by atoms with Gasteiger partial charge in [0.05, 0.1) is 12.0 Å². The molecular weight excluding hydrogens is 542 g/mol. The Balaban J connectivity index is 1.01. The number of rotatable bonds is 9. The molecule has 1 saturated heterocycles. The third-order valence-electron chi connectivity index (χ3n) is 7.10. The second kappa shape index (κ2) is 12.7. The molecule has 5 aromatic carbocycles. The molecule has 1 aliphatic heterocycles. The van der Waals surface area contributed by atoms with Gasteiger partial charge in [-0.3, -0.25) is 9.59 Å². The van der Waals surface area contributed by atoms with E-state index in [0.29, 0.717) is 24.5 Å². The van der Waals surface area contributed by atoms with Crippen LogP contribution in [0.3, 0.4) is 0 Å². The van der Waals surface area contributed by atoms with Crippen LogP contribution in [0.4, 0.5) is 0 Å². The standard InChI is InChI=1S/C35H29N3O3S/c39-33-24-42-35(38(33)22-26-6-2-1-3-7-26)30-16-14-29(15-17-30)34(40)37-36-21-25-11-18-32(19-12-25)41-23-27-10-13-28-8-4-5-9-31(28)20-27/h1-21,35H,22-24H2,(H,37,40)/b36-21-/t35-/m0/s1. The normalized spacial score (nSPS) is 14.9. The Kier molecular flexibility index (Phi) is 8.28. The Labute approximate surface area is 249 Å². The Morgan fingerprint density at radius 1 is 0.857 bits per heavy atom. The smallest absolute Gasteiger partial charge is 0.271 e. The highest BCUT2D eigenvalue weighted by Gasteiger charge is 2.32. The average molecular weight is 572 g/mol. The molecule has 0 saturated carbocycles. The van der Waals surface area contributed by atoms with Gasteiger partial charge in [-0.2, -0.15) is 5.10 Å². The molecule has 0 bridgehead atoms. The Bertz CT molecular complexity index is 1720. The molecule has 208 valence electrons. The highest BCUT2D eigenvalue weighted by Crippen LogP contribution is 2.39. The summed E-state index contributed by atoms with van der Waals surface area (Å²) in [5.41, 5.74) is 7.12. The van der Waals surface area contributed by atoms with Gasteiger partial charge in [-0.15, -0.1) is 11.8 Å². The molecule has 42 heavy (non-hydrogen) atoms. The van der Waals surface area contributed by atoms with Crippen LogP contribution < -0.4 is 10.2 Å². The lowest BCUT2D eigenvalue weighted by molar-refractivity contribution is -0.128. The van der Waals surface area contributed by atoms with E-state index in [2.05, 4.69) is 40.9 Å². The maximum Gasteiger partial charge on any atom is 0.271 e. The fraction of sp³-hybridized carbons (Fsp3) is 0.114. The van der Waals surface area contributed by atoms with Crippen molar-refractivity contribution in [3.05, 3.63) is 149 Å². The van der Waals surface area contributed by atoms with Gasteiger partial charge >= 0.3 is 0 Å². The molecule has 0 unspecified atom stereocenters. The molecule has 1 fully saturated rings. The topological polar surface area (TPSA) is 71.0 Å². The van der Waals surface area contributed by atoms with E-state index in [4.69, 9.17) is 4.74 Å². The van der Waals surface area contributed by atoms with E-state index in [1.54, 1.807) is 30.1 Å². The zero-order chi connectivity index (χ0) is 28.7. The summed E-state index contributed by atoms with van der Waals surface area (Å²) in [5.74, 6) is 1.03. The highest BCUT2D eigenvalue weighted by atomic mass is 32.2. The number of nitrogens with zero attached hydrogens (tertiary/aromatic N) is 2. The van der Waals surface area contributed by atoms with Crippen LogP contribution in [0.25, 0.3) is 10.8 Å². The quantitative estimate of drug-likeness (QED) is 0.153. The van der Waals surface area contributed by atoms with E-state index < -0.39 is 0 Å². The molecule has 0 aromatic heterocycles. The molecule has 0 aliphatic carbocycles. The number of carbonyl (C=O) groups is 2. The summed E-state index contributed by atoms with van der Waals surface area (Å²) < 4.78 is 5.95. The predicted molar refractivity (Wildman–Crippen MR) is 168 cm³/mol. The van der Waals surface area contributed by atoms with E-state index in [1.807, 2.05) is 83.8 Å². The second-order valence-corrected chi connectivity index (χ2v) is 11.1. The summed E-state index contributed by atoms with van der Waals surface area (Å²) in [4.78, 5) is 27.1. The van der Waals surface area contributed by atoms with Crippen LogP contribution in [0, 0.1) is 0 Å². The third kappa shape index (κ3) is 6.53. The minimum absolute atomic E-state index is 0.0765. The van der Waals surface area contributed by atoms with Gasteiger partial charge in [-0.05, 0) is 75.5 Å². The van der Waals surface area contributed by atoms with Crippen LogP contribution >= 0.6 is 11.8 Å². The molecule has 6 rings (SSSR count). The van der Waals surface area contributed by atoms with Crippen LogP contribution in [0.2, 0.25) is 0 Å². The van der Waals surface area contributed by atoms with Crippen molar-refractivity contribution in [1.82, 2.24) is 10.3 Å². The van der Waals surface area contributed by atoms with E-state index in [1.165, 1.54) is 10.8 Å². The number of hydrogen-bond acceptors (Lipinski definition) is 5. The van der Waals surface area contributed by atoms with Gasteiger partial charge in [-0.1, -0.05) is 78.9 Å². The van der Waals surface area contributed by atoms with Crippen LogP contribution in [0.5, 0.6) is 5.75 Å². The lowest BCUT2D eigenvalue weighted by Gasteiger charge is -2.24. The molecular formula is C35H29N3O3S. The maximum atomic E-state index is 12.7. The van der Waals surface area contributed by atoms with Crippen LogP contribution in [-0.4, -0.2) is 28.7 Å². The van der Waals surface area contributed by atoms with Crippen LogP contribution in [0.15, 0.2) is 126 Å². The molecule has 1 heterocycles. The van der Waals surface area contributed by atoms with Gasteiger partial charge < -0.3 is 9.64 Å². The summed E-state index contributed by atoms with van der Waals surface area (Å²) in [5, 5.41) is 6.44. The Morgan fingerprint density at radius 2 is 1.60 bits per heavy atom. The summed E-state index contributed by atoms with van der Waals surface area (Å²) >= 11 is 1.60. The van der Waals surface area contributed by atoms with E-state index in [9.17, 15) is 9.59 Å². The lowest BCUT2D eigenvalue weighted by atomic mass is 10.1. The number of thioether (sulfide) groups is 1. The fourth-order valence-corrected chi connectivity index (χ4v) is 6.04. The predicted octanol–water partition coefficient (Wildman–Crippen LogP) is 6.96. The van der Waals surface area contributed by atoms with Crippen molar-refractivity contribution in [3.63, 3.8) is 0 Å². The van der Waals surface area contributed by atoms with Crippen molar-refractivity contribution in [1.29, 1.82) is 0 Å². The minimum Gasteiger partial charge on any atom is -0.489 e. The number of ether oxygens (including phenoxy) is 1. The molecule has 2 amide bonds. The monoisotopic (exact) mass is 571 g/mol. The number of hydrazone groups is 1. The maximum absolute atomic E-state index is 12.7. The van der Waals surface area contributed by atoms with Gasteiger partial charge in [-0.25, -0.2) is 5.43 Å². The van der Waals surface area contributed by atoms with Crippen molar-refractivity contribution >= 4 is 40.6 Å². The van der Waals surface area contributed by atoms with Crippen molar-refractivity contribution in [2.75, 3.05) is 5.75 Å². The summed E-state index contributed by atoms with van der Waals surface area (Å²) in [6, 6.07) is 39.5. The zero-order valence-electron chi connectivity index (χ0n) is 22.9. The van der Waals surface area contributed by atoms with E-state index in [0.717, 1.165) is 28.0 Å². The molecule has 0 radical (unpaired) electrons. The average Bonchev–Trinajstić information content (AvgIpc) is 3.40. The summed E-state index contributed by atoms with van der Waals surface area (Å²) in [7, 11) is 0. The van der Waals surface area contributed by atoms with Crippen molar-refractivity contribution in [2.45, 2.75) is 18.5 Å². The van der Waals surface area contributed by atoms with Gasteiger partial charge in [0.15, 0.2) is 0 Å². The fourth-order valence-electron chi connectivity index (χ4n) is 4.86. The number of amides is 2. The zero-order valence-corrected chi connectivity index (χ0v) is 23.7. The van der Waals surface area contributed by atoms with E-state index in [-0.39, 0.29) is 17.2 Å². The van der Waals surface area contributed by atoms with E-state index >= 15 is 0 Å². The lowest BCUT2D eigenvalue weighted by Crippen LogP contribution is -2.27. The number of hydrogen-bond donors (Lipinski definition) is 1. The first-order valence-corrected chi connectivity index (χ1v) is 14.8. The summed E-state index contributed by atoms with van der Waals surface area (Å²) in [6.45, 7) is 1.04. The van der Waals surface area contributed by atoms with Crippen molar-refractivity contribution in [3.8, 4) is 5.75 Å². The molecule has 1 aliphatic rings. The molecule has 1 N–H and O–H groups in total. The first kappa shape index (κ1) is 27.3. The minimum atomic E-state index is -0.301. The number of benzene rings is 5. The Morgan fingerprint density at radius 3 is 2.38 bits per heavy atom. The molecule has 7 heteroatoms. The molecule has 1 atom stereocenters. The van der Waals surface area contributed by atoms with Crippen LogP contribution in [-0.2, 0) is 17.9 Å². The van der Waals surface area contributed by atoms with Gasteiger partial charge in [0.1, 0.15) is 17.7 Å². The van der Waals surface area contributed by atoms with Gasteiger partial charge in [0.2, 0.25) is 5.91 Å². The second-order valence-electron chi connectivity index (χ2n) is 10.0. The highest BCUT2D eigenvalue weighted by molar-refractivity contribution is 8.00. The molecule has 0 spiro atoms. The molecule has 6 nitrogen and oxygen atoms in total. The summed E-state index contributed by atoms with van der Waals surface area (Å²) in [6.07, 6.45) is 1.60. The van der Waals surface area contributed by atoms with Gasteiger partial charge in [0, 0.05) is 12.1 Å². The Hall–Kier alpha value is -4.88. The van der Waals surface area contributed by atoms with Crippen molar-refractivity contribution < 1.29 is 14.3 Å². The number of carbonyl (C=O) groups excluding carboxylic acids is 2. The van der Waals surface area contributed by atoms with Crippen LogP contribution in [0.1, 0.15) is 38.0 Å². The SMILES string of the molecule is O=C(N/N=C\c1ccc(OCc2ccc3ccccc3c2)cc1)c1ccc([C@@H]2SCC(=O)N2Cc2ccccc2)cc1. The largest absolute Gasteiger partial charge is 0.489 e. The molecule has 5 aromatic rings. The first-order valence-electron chi connectivity index (χ1n) is 13.7. The third-order valence-corrected chi connectivity index (χ3v) is 8.36. The first-order chi connectivity index (χ1) is 20.6. The number of nitrogens with one attached hydrogen (secondary N) is 1. The van der Waals surface area contributed by atoms with Crippen molar-refractivity contribution in [2.24, 2.45) is 5.10 Å². The number of fused-ring (bicyclic) bond motifs is 1.